The number of carbonyl (C=O) groups is 4. The van der Waals surface area contributed by atoms with Crippen LogP contribution in [-0.2, 0) is 23.9 Å². The van der Waals surface area contributed by atoms with Crippen molar-refractivity contribution in [3.8, 4) is 5.75 Å². The second-order valence-electron chi connectivity index (χ2n) is 5.41. The Morgan fingerprint density at radius 1 is 1.22 bits per heavy atom. The first-order valence-corrected chi connectivity index (χ1v) is 8.92. The lowest BCUT2D eigenvalue weighted by molar-refractivity contribution is -0.148. The minimum atomic E-state index is -0.993. The van der Waals surface area contributed by atoms with Gasteiger partial charge >= 0.3 is 11.9 Å². The van der Waals surface area contributed by atoms with E-state index in [0.717, 1.165) is 16.7 Å². The van der Waals surface area contributed by atoms with Crippen LogP contribution in [0.2, 0.25) is 0 Å². The summed E-state index contributed by atoms with van der Waals surface area (Å²) in [6.07, 6.45) is 1.55. The van der Waals surface area contributed by atoms with E-state index in [1.165, 1.54) is 14.0 Å². The van der Waals surface area contributed by atoms with Gasteiger partial charge in [0.1, 0.15) is 11.8 Å². The van der Waals surface area contributed by atoms with E-state index in [2.05, 4.69) is 4.74 Å². The van der Waals surface area contributed by atoms with Crippen LogP contribution < -0.4 is 4.74 Å². The van der Waals surface area contributed by atoms with E-state index in [1.54, 1.807) is 37.3 Å². The summed E-state index contributed by atoms with van der Waals surface area (Å²) in [5.41, 5.74) is 0.662. The summed E-state index contributed by atoms with van der Waals surface area (Å²) in [6, 6.07) is 5.63. The molecule has 1 aromatic carbocycles. The van der Waals surface area contributed by atoms with Crippen LogP contribution in [0.15, 0.2) is 29.2 Å². The number of hydrogen-bond donors (Lipinski definition) is 0. The maximum atomic E-state index is 12.4. The standard InChI is InChI=1S/C18H19NO7S/c1-4-25-15(20)10-26-13-7-5-12(6-8-13)9-14-16(21)19(18(23)27-14)11(2)17(22)24-3/h5-9,11H,4,10H2,1-3H3/b14-9+/t11-/m1/s1. The zero-order chi connectivity index (χ0) is 20.0. The van der Waals surface area contributed by atoms with Gasteiger partial charge in [0.25, 0.3) is 11.1 Å². The highest BCUT2D eigenvalue weighted by Crippen LogP contribution is 2.34. The first-order valence-electron chi connectivity index (χ1n) is 8.10. The van der Waals surface area contributed by atoms with Crippen LogP contribution in [0.4, 0.5) is 4.79 Å². The van der Waals surface area contributed by atoms with Crippen LogP contribution in [0.3, 0.4) is 0 Å². The molecule has 0 spiro atoms. The molecule has 1 fully saturated rings. The van der Waals surface area contributed by atoms with Crippen LogP contribution in [0.1, 0.15) is 19.4 Å². The third kappa shape index (κ3) is 5.10. The zero-order valence-electron chi connectivity index (χ0n) is 15.1. The fourth-order valence-electron chi connectivity index (χ4n) is 2.25. The second kappa shape index (κ2) is 9.22. The summed E-state index contributed by atoms with van der Waals surface area (Å²) in [6.45, 7) is 3.23. The topological polar surface area (TPSA) is 99.2 Å². The normalized spacial score (nSPS) is 16.4. The van der Waals surface area contributed by atoms with Crippen molar-refractivity contribution in [2.75, 3.05) is 20.3 Å². The molecule has 0 bridgehead atoms. The molecule has 2 rings (SSSR count). The monoisotopic (exact) mass is 393 g/mol. The summed E-state index contributed by atoms with van der Waals surface area (Å²) in [5, 5.41) is -0.529. The predicted molar refractivity (Wildman–Crippen MR) is 97.9 cm³/mol. The number of esters is 2. The highest BCUT2D eigenvalue weighted by Gasteiger charge is 2.41. The Kier molecular flexibility index (Phi) is 7.00. The number of rotatable bonds is 7. The second-order valence-corrected chi connectivity index (χ2v) is 6.41. The molecule has 144 valence electrons. The number of imide groups is 1. The van der Waals surface area contributed by atoms with Gasteiger partial charge in [-0.15, -0.1) is 0 Å². The van der Waals surface area contributed by atoms with Crippen molar-refractivity contribution in [2.45, 2.75) is 19.9 Å². The molecule has 1 saturated heterocycles. The van der Waals surface area contributed by atoms with Crippen molar-refractivity contribution in [1.29, 1.82) is 0 Å². The maximum Gasteiger partial charge on any atom is 0.344 e. The predicted octanol–water partition coefficient (Wildman–Crippen LogP) is 2.23. The highest BCUT2D eigenvalue weighted by molar-refractivity contribution is 8.18. The molecule has 0 saturated carbocycles. The van der Waals surface area contributed by atoms with E-state index in [1.807, 2.05) is 0 Å². The quantitative estimate of drug-likeness (QED) is 0.514. The molecule has 2 amide bonds. The Morgan fingerprint density at radius 3 is 2.48 bits per heavy atom. The van der Waals surface area contributed by atoms with E-state index in [0.29, 0.717) is 11.3 Å². The van der Waals surface area contributed by atoms with Gasteiger partial charge in [-0.2, -0.15) is 0 Å². The number of hydrogen-bond acceptors (Lipinski definition) is 8. The molecule has 27 heavy (non-hydrogen) atoms. The molecule has 1 aromatic rings. The molecule has 0 aliphatic carbocycles. The van der Waals surface area contributed by atoms with Crippen LogP contribution >= 0.6 is 11.8 Å². The van der Waals surface area contributed by atoms with Crippen molar-refractivity contribution in [3.63, 3.8) is 0 Å². The highest BCUT2D eigenvalue weighted by atomic mass is 32.2. The van der Waals surface area contributed by atoms with Gasteiger partial charge in [0.2, 0.25) is 0 Å². The zero-order valence-corrected chi connectivity index (χ0v) is 15.9. The maximum absolute atomic E-state index is 12.4. The van der Waals surface area contributed by atoms with Crippen molar-refractivity contribution in [3.05, 3.63) is 34.7 Å². The van der Waals surface area contributed by atoms with Gasteiger partial charge in [0, 0.05) is 0 Å². The van der Waals surface area contributed by atoms with Crippen molar-refractivity contribution >= 4 is 40.9 Å². The first-order chi connectivity index (χ1) is 12.9. The molecule has 1 aliphatic heterocycles. The number of thioether (sulfide) groups is 1. The third-order valence-corrected chi connectivity index (χ3v) is 4.48. The van der Waals surface area contributed by atoms with Gasteiger partial charge in [0.05, 0.1) is 18.6 Å². The minimum Gasteiger partial charge on any atom is -0.482 e. The number of carbonyl (C=O) groups excluding carboxylic acids is 4. The summed E-state index contributed by atoms with van der Waals surface area (Å²) in [4.78, 5) is 48.4. The van der Waals surface area contributed by atoms with Crippen molar-refractivity contribution in [1.82, 2.24) is 4.90 Å². The number of ether oxygens (including phenoxy) is 3. The van der Waals surface area contributed by atoms with E-state index in [4.69, 9.17) is 9.47 Å². The Bertz CT molecular complexity index is 772. The van der Waals surface area contributed by atoms with Gasteiger partial charge in [-0.3, -0.25) is 14.5 Å². The van der Waals surface area contributed by atoms with Crippen LogP contribution in [0.5, 0.6) is 5.75 Å². The fourth-order valence-corrected chi connectivity index (χ4v) is 3.15. The van der Waals surface area contributed by atoms with Crippen molar-refractivity contribution < 1.29 is 33.4 Å². The van der Waals surface area contributed by atoms with E-state index >= 15 is 0 Å². The van der Waals surface area contributed by atoms with E-state index < -0.39 is 29.1 Å². The lowest BCUT2D eigenvalue weighted by Crippen LogP contribution is -2.42. The molecule has 0 aromatic heterocycles. The summed E-state index contributed by atoms with van der Waals surface area (Å²) in [5.74, 6) is -1.21. The lowest BCUT2D eigenvalue weighted by atomic mass is 10.2. The summed E-state index contributed by atoms with van der Waals surface area (Å²) < 4.78 is 14.6. The van der Waals surface area contributed by atoms with Crippen molar-refractivity contribution in [2.24, 2.45) is 0 Å². The molecular formula is C18H19NO7S. The fraction of sp³-hybridized carbons (Fsp3) is 0.333. The van der Waals surface area contributed by atoms with Gasteiger partial charge in [-0.25, -0.2) is 9.59 Å². The number of amides is 2. The Morgan fingerprint density at radius 2 is 1.89 bits per heavy atom. The van der Waals surface area contributed by atoms with Gasteiger partial charge in [-0.1, -0.05) is 12.1 Å². The molecular weight excluding hydrogens is 374 g/mol. The number of methoxy groups -OCH3 is 1. The van der Waals surface area contributed by atoms with E-state index in [9.17, 15) is 19.2 Å². The van der Waals surface area contributed by atoms with E-state index in [-0.39, 0.29) is 18.1 Å². The Hall–Kier alpha value is -2.81. The smallest absolute Gasteiger partial charge is 0.344 e. The lowest BCUT2D eigenvalue weighted by Gasteiger charge is -2.18. The summed E-state index contributed by atoms with van der Waals surface area (Å²) >= 11 is 0.755. The number of benzene rings is 1. The molecule has 1 aliphatic rings. The molecule has 0 N–H and O–H groups in total. The Balaban J connectivity index is 2.06. The average molecular weight is 393 g/mol. The first kappa shape index (κ1) is 20.5. The molecule has 1 atom stereocenters. The molecule has 1 heterocycles. The van der Waals surface area contributed by atoms with Gasteiger partial charge in [-0.05, 0) is 49.4 Å². The Labute approximate surface area is 160 Å². The molecule has 8 nitrogen and oxygen atoms in total. The SMILES string of the molecule is CCOC(=O)COc1ccc(/C=C2/SC(=O)N([C@H](C)C(=O)OC)C2=O)cc1. The molecule has 9 heteroatoms. The minimum absolute atomic E-state index is 0.197. The largest absolute Gasteiger partial charge is 0.482 e. The van der Waals surface area contributed by atoms with Gasteiger partial charge in [0.15, 0.2) is 6.61 Å². The molecule has 0 unspecified atom stereocenters. The van der Waals surface area contributed by atoms with Crippen LogP contribution in [-0.4, -0.2) is 54.4 Å². The number of nitrogens with zero attached hydrogens (tertiary/aromatic N) is 1. The summed E-state index contributed by atoms with van der Waals surface area (Å²) in [7, 11) is 1.19. The third-order valence-electron chi connectivity index (χ3n) is 3.59. The molecule has 0 radical (unpaired) electrons. The van der Waals surface area contributed by atoms with Crippen LogP contribution in [0.25, 0.3) is 6.08 Å². The average Bonchev–Trinajstić information content (AvgIpc) is 2.93. The van der Waals surface area contributed by atoms with Gasteiger partial charge < -0.3 is 14.2 Å². The van der Waals surface area contributed by atoms with Crippen LogP contribution in [0, 0.1) is 0 Å².